The lowest BCUT2D eigenvalue weighted by Crippen LogP contribution is -2.26. The summed E-state index contributed by atoms with van der Waals surface area (Å²) >= 11 is 0. The molecule has 0 aliphatic rings. The molecule has 0 spiro atoms. The normalized spacial score (nSPS) is 15.0. The summed E-state index contributed by atoms with van der Waals surface area (Å²) in [6, 6.07) is 6.82. The third kappa shape index (κ3) is 10.4. The van der Waals surface area contributed by atoms with Gasteiger partial charge in [-0.25, -0.2) is 9.59 Å². The first-order valence-electron chi connectivity index (χ1n) is 15.5. The highest BCUT2D eigenvalue weighted by Gasteiger charge is 2.31. The van der Waals surface area contributed by atoms with Crippen LogP contribution in [0.5, 0.6) is 0 Å². The van der Waals surface area contributed by atoms with Gasteiger partial charge in [0.1, 0.15) is 46.0 Å². The van der Waals surface area contributed by atoms with Crippen molar-refractivity contribution in [2.45, 2.75) is 120 Å². The van der Waals surface area contributed by atoms with Crippen LogP contribution in [0.3, 0.4) is 0 Å². The molecule has 0 aliphatic carbocycles. The molecule has 0 heterocycles. The van der Waals surface area contributed by atoms with E-state index in [2.05, 4.69) is 24.3 Å². The number of benzene rings is 2. The number of ether oxygens (including phenoxy) is 2. The average Bonchev–Trinajstić information content (AvgIpc) is 2.83. The van der Waals surface area contributed by atoms with Crippen LogP contribution in [-0.2, 0) is 19.1 Å². The zero-order chi connectivity index (χ0) is 35.3. The van der Waals surface area contributed by atoms with Gasteiger partial charge in [-0.05, 0) is 130 Å². The third-order valence-corrected chi connectivity index (χ3v) is 7.11. The van der Waals surface area contributed by atoms with Crippen molar-refractivity contribution in [1.29, 1.82) is 0 Å². The van der Waals surface area contributed by atoms with Crippen molar-refractivity contribution in [3.05, 3.63) is 91.4 Å². The Labute approximate surface area is 275 Å². The van der Waals surface area contributed by atoms with Gasteiger partial charge in [-0.1, -0.05) is 35.4 Å². The maximum atomic E-state index is 13.1. The van der Waals surface area contributed by atoms with E-state index in [1.54, 1.807) is 41.5 Å². The number of nitrogens with zero attached hydrogens (tertiary/aromatic N) is 2. The number of hydrogen-bond donors (Lipinski definition) is 2. The molecule has 0 unspecified atom stereocenters. The zero-order valence-electron chi connectivity index (χ0n) is 30.0. The predicted molar refractivity (Wildman–Crippen MR) is 186 cm³/mol. The average molecular weight is 633 g/mol. The number of carbonyl (C=O) groups is 2. The molecule has 250 valence electrons. The first-order chi connectivity index (χ1) is 21.0. The maximum Gasteiger partial charge on any atom is 0.343 e. The fraction of sp³-hybridized carbons (Fsp3) is 0.474. The summed E-state index contributed by atoms with van der Waals surface area (Å²) in [6.07, 6.45) is 2.69. The van der Waals surface area contributed by atoms with Gasteiger partial charge < -0.3 is 19.7 Å². The van der Waals surface area contributed by atoms with Crippen molar-refractivity contribution in [2.24, 2.45) is 9.98 Å². The van der Waals surface area contributed by atoms with E-state index in [1.165, 1.54) is 26.3 Å². The molecule has 0 radical (unpaired) electrons. The molecule has 2 rings (SSSR count). The number of aliphatic imine (C=N–C) groups is 2. The number of aliphatic hydroxyl groups is 2. The van der Waals surface area contributed by atoms with Crippen LogP contribution in [-0.4, -0.2) is 45.8 Å². The maximum absolute atomic E-state index is 13.1. The van der Waals surface area contributed by atoms with Gasteiger partial charge in [-0.2, -0.15) is 0 Å². The number of hydrogen-bond acceptors (Lipinski definition) is 8. The molecule has 8 heteroatoms. The topological polar surface area (TPSA) is 118 Å². The Bertz CT molecular complexity index is 1420. The molecule has 2 N–H and O–H groups in total. The van der Waals surface area contributed by atoms with Crippen LogP contribution in [0.1, 0.15) is 112 Å². The third-order valence-electron chi connectivity index (χ3n) is 7.11. The Morgan fingerprint density at radius 3 is 1.09 bits per heavy atom. The lowest BCUT2D eigenvalue weighted by Gasteiger charge is -2.28. The highest BCUT2D eigenvalue weighted by atomic mass is 16.6. The highest BCUT2D eigenvalue weighted by molar-refractivity contribution is 6.10. The minimum Gasteiger partial charge on any atom is -0.512 e. The fourth-order valence-corrected chi connectivity index (χ4v) is 5.51. The minimum atomic E-state index is -0.787. The van der Waals surface area contributed by atoms with Crippen molar-refractivity contribution in [3.8, 4) is 0 Å². The lowest BCUT2D eigenvalue weighted by molar-refractivity contribution is -0.150. The molecule has 2 atom stereocenters. The van der Waals surface area contributed by atoms with Crippen molar-refractivity contribution in [3.63, 3.8) is 0 Å². The monoisotopic (exact) mass is 632 g/mol. The number of allylic oxidation sites excluding steroid dienone is 2. The number of aliphatic hydroxyl groups excluding tert-OH is 2. The van der Waals surface area contributed by atoms with E-state index in [0.29, 0.717) is 0 Å². The van der Waals surface area contributed by atoms with E-state index in [4.69, 9.17) is 19.5 Å². The number of aryl methyl sites for hydroxylation is 6. The largest absolute Gasteiger partial charge is 0.512 e. The lowest BCUT2D eigenvalue weighted by atomic mass is 9.84. The fourth-order valence-electron chi connectivity index (χ4n) is 5.51. The molecule has 0 bridgehead atoms. The summed E-state index contributed by atoms with van der Waals surface area (Å²) in [5.41, 5.74) is 6.04. The molecule has 0 saturated heterocycles. The number of carbonyl (C=O) groups excluding carboxylic acids is 2. The van der Waals surface area contributed by atoms with E-state index in [1.807, 2.05) is 41.5 Å². The van der Waals surface area contributed by atoms with Gasteiger partial charge in [0.25, 0.3) is 0 Å². The Hall–Kier alpha value is -4.20. The first kappa shape index (κ1) is 38.0. The van der Waals surface area contributed by atoms with Gasteiger partial charge in [0.05, 0.1) is 0 Å². The summed E-state index contributed by atoms with van der Waals surface area (Å²) < 4.78 is 11.1. The van der Waals surface area contributed by atoms with Crippen molar-refractivity contribution < 1.29 is 29.3 Å². The molecule has 0 aliphatic heterocycles. The van der Waals surface area contributed by atoms with E-state index in [0.717, 1.165) is 44.5 Å². The predicted octanol–water partition coefficient (Wildman–Crippen LogP) is 8.81. The Morgan fingerprint density at radius 1 is 0.609 bits per heavy atom. The van der Waals surface area contributed by atoms with Gasteiger partial charge in [0, 0.05) is 12.4 Å². The van der Waals surface area contributed by atoms with Crippen molar-refractivity contribution in [1.82, 2.24) is 0 Å². The smallest absolute Gasteiger partial charge is 0.343 e. The Balaban J connectivity index is 2.99. The van der Waals surface area contributed by atoms with E-state index in [-0.39, 0.29) is 22.7 Å². The molecule has 0 fully saturated rings. The van der Waals surface area contributed by atoms with Gasteiger partial charge in [-0.15, -0.1) is 0 Å². The van der Waals surface area contributed by atoms with E-state index in [9.17, 15) is 19.8 Å². The molecule has 0 saturated carbocycles. The quantitative estimate of drug-likeness (QED) is 0.123. The summed E-state index contributed by atoms with van der Waals surface area (Å²) in [7, 11) is 0. The number of rotatable bonds is 9. The van der Waals surface area contributed by atoms with E-state index >= 15 is 0 Å². The van der Waals surface area contributed by atoms with Crippen LogP contribution >= 0.6 is 0 Å². The Kier molecular flexibility index (Phi) is 12.3. The molecule has 46 heavy (non-hydrogen) atoms. The van der Waals surface area contributed by atoms with Gasteiger partial charge in [0.15, 0.2) is 0 Å². The highest BCUT2D eigenvalue weighted by Crippen LogP contribution is 2.42. The van der Waals surface area contributed by atoms with Crippen LogP contribution in [0.15, 0.2) is 56.9 Å². The van der Waals surface area contributed by atoms with Crippen LogP contribution in [0, 0.1) is 41.5 Å². The molecular formula is C38H52N2O6. The van der Waals surface area contributed by atoms with Gasteiger partial charge in [0.2, 0.25) is 0 Å². The second-order valence-electron chi connectivity index (χ2n) is 14.1. The summed E-state index contributed by atoms with van der Waals surface area (Å²) in [6.45, 7) is 25.4. The molecule has 8 nitrogen and oxygen atoms in total. The van der Waals surface area contributed by atoms with Crippen LogP contribution in [0.25, 0.3) is 0 Å². The van der Waals surface area contributed by atoms with Crippen molar-refractivity contribution in [2.75, 3.05) is 0 Å². The van der Waals surface area contributed by atoms with Crippen LogP contribution in [0.2, 0.25) is 0 Å². The Morgan fingerprint density at radius 2 is 0.870 bits per heavy atom. The second kappa shape index (κ2) is 14.9. The second-order valence-corrected chi connectivity index (χ2v) is 14.1. The summed E-state index contributed by atoms with van der Waals surface area (Å²) in [5.74, 6) is -1.88. The van der Waals surface area contributed by atoms with E-state index < -0.39 is 35.2 Å². The molecule has 2 aromatic carbocycles. The first-order valence-corrected chi connectivity index (χ1v) is 15.5. The van der Waals surface area contributed by atoms with Crippen LogP contribution < -0.4 is 0 Å². The van der Waals surface area contributed by atoms with Gasteiger partial charge in [-0.3, -0.25) is 9.98 Å². The molecule has 0 amide bonds. The SMILES string of the molecule is C/C(O)=C(\C=N[C@H](c1c(C)cc(C)cc1C)[C@H](N=C/C(C(=O)OC(C)(C)C)=C(/C)O)c1c(C)cc(C)cc1C)C(=O)OC(C)(C)C. The number of esters is 2. The summed E-state index contributed by atoms with van der Waals surface area (Å²) in [5, 5.41) is 21.1. The van der Waals surface area contributed by atoms with Crippen molar-refractivity contribution >= 4 is 24.4 Å². The molecule has 0 aromatic heterocycles. The molecule has 2 aromatic rings. The van der Waals surface area contributed by atoms with Crippen LogP contribution in [0.4, 0.5) is 0 Å². The zero-order valence-corrected chi connectivity index (χ0v) is 30.0. The minimum absolute atomic E-state index is 0.0806. The van der Waals surface area contributed by atoms with Gasteiger partial charge >= 0.3 is 11.9 Å². The summed E-state index contributed by atoms with van der Waals surface area (Å²) in [4.78, 5) is 36.2. The molecular weight excluding hydrogens is 580 g/mol. The standard InChI is InChI=1S/C38H52N2O6/c1-21-15-23(3)31(24(4)16-21)33(39-19-29(27(7)41)35(43)45-37(9,10)11)34(32-25(5)17-22(2)18-26(32)6)40-20-30(28(8)42)36(44)46-38(12,13)14/h15-20,33-34,41-42H,1-14H3/b29-27-,30-28+,39-19?,40-20?/t33-,34-/m1/s1.